The van der Waals surface area contributed by atoms with Gasteiger partial charge in [0.2, 0.25) is 0 Å². The van der Waals surface area contributed by atoms with E-state index in [2.05, 4.69) is 10.4 Å². The van der Waals surface area contributed by atoms with Crippen LogP contribution in [0.2, 0.25) is 0 Å². The Kier molecular flexibility index (Phi) is 4.21. The van der Waals surface area contributed by atoms with Crippen molar-refractivity contribution in [2.75, 3.05) is 5.32 Å². The lowest BCUT2D eigenvalue weighted by Gasteiger charge is -2.11. The fourth-order valence-electron chi connectivity index (χ4n) is 2.78. The first-order valence-corrected chi connectivity index (χ1v) is 7.96. The van der Waals surface area contributed by atoms with Gasteiger partial charge in [0.15, 0.2) is 0 Å². The number of carbonyl (C=O) groups is 1. The molecule has 1 N–H and O–H groups in total. The van der Waals surface area contributed by atoms with E-state index in [-0.39, 0.29) is 5.91 Å². The second-order valence-corrected chi connectivity index (χ2v) is 6.16. The van der Waals surface area contributed by atoms with E-state index in [1.54, 1.807) is 0 Å². The number of aryl methyl sites for hydroxylation is 4. The summed E-state index contributed by atoms with van der Waals surface area (Å²) in [6, 6.07) is 15.6. The predicted molar refractivity (Wildman–Crippen MR) is 96.9 cm³/mol. The monoisotopic (exact) mass is 319 g/mol. The molecule has 0 spiro atoms. The molecule has 0 saturated heterocycles. The number of amides is 1. The molecule has 3 aromatic rings. The molecule has 24 heavy (non-hydrogen) atoms. The van der Waals surface area contributed by atoms with Gasteiger partial charge in [0.05, 0.1) is 11.4 Å². The second-order valence-electron chi connectivity index (χ2n) is 6.16. The van der Waals surface area contributed by atoms with Crippen molar-refractivity contribution in [3.8, 4) is 5.69 Å². The fourth-order valence-corrected chi connectivity index (χ4v) is 2.78. The molecule has 122 valence electrons. The van der Waals surface area contributed by atoms with Crippen molar-refractivity contribution in [2.24, 2.45) is 0 Å². The highest BCUT2D eigenvalue weighted by molar-refractivity contribution is 6.05. The summed E-state index contributed by atoms with van der Waals surface area (Å²) in [7, 11) is 0. The van der Waals surface area contributed by atoms with E-state index in [4.69, 9.17) is 0 Å². The molecule has 0 atom stereocenters. The maximum absolute atomic E-state index is 12.6. The number of anilines is 1. The Morgan fingerprint density at radius 1 is 1.00 bits per heavy atom. The third kappa shape index (κ3) is 3.23. The van der Waals surface area contributed by atoms with E-state index in [1.165, 1.54) is 0 Å². The molecule has 4 nitrogen and oxygen atoms in total. The summed E-state index contributed by atoms with van der Waals surface area (Å²) in [6.45, 7) is 7.91. The number of nitrogens with zero attached hydrogens (tertiary/aromatic N) is 2. The first-order valence-electron chi connectivity index (χ1n) is 7.96. The first-order chi connectivity index (χ1) is 11.4. The van der Waals surface area contributed by atoms with Crippen LogP contribution in [0.1, 0.15) is 32.9 Å². The summed E-state index contributed by atoms with van der Waals surface area (Å²) in [5, 5.41) is 7.47. The Morgan fingerprint density at radius 2 is 1.79 bits per heavy atom. The van der Waals surface area contributed by atoms with Gasteiger partial charge in [0, 0.05) is 16.9 Å². The zero-order valence-electron chi connectivity index (χ0n) is 14.4. The number of hydrogen-bond donors (Lipinski definition) is 1. The van der Waals surface area contributed by atoms with Crippen molar-refractivity contribution in [3.05, 3.63) is 76.6 Å². The van der Waals surface area contributed by atoms with Gasteiger partial charge in [-0.25, -0.2) is 4.68 Å². The molecule has 0 aliphatic heterocycles. The van der Waals surface area contributed by atoms with Crippen LogP contribution in [0.15, 0.2) is 48.5 Å². The molecule has 0 bridgehead atoms. The first kappa shape index (κ1) is 16.0. The van der Waals surface area contributed by atoms with Gasteiger partial charge in [0.1, 0.15) is 0 Å². The molecule has 0 aliphatic rings. The van der Waals surface area contributed by atoms with Gasteiger partial charge in [-0.05, 0) is 63.6 Å². The van der Waals surface area contributed by atoms with Crippen LogP contribution < -0.4 is 5.32 Å². The van der Waals surface area contributed by atoms with Crippen LogP contribution in [-0.4, -0.2) is 15.7 Å². The molecule has 0 saturated carbocycles. The van der Waals surface area contributed by atoms with Crippen LogP contribution in [0.25, 0.3) is 5.69 Å². The highest BCUT2D eigenvalue weighted by Gasteiger charge is 2.11. The van der Waals surface area contributed by atoms with Gasteiger partial charge in [-0.3, -0.25) is 4.79 Å². The average molecular weight is 319 g/mol. The van der Waals surface area contributed by atoms with Gasteiger partial charge >= 0.3 is 0 Å². The van der Waals surface area contributed by atoms with Crippen molar-refractivity contribution in [2.45, 2.75) is 27.7 Å². The zero-order chi connectivity index (χ0) is 17.3. The number of rotatable bonds is 3. The molecular weight excluding hydrogens is 298 g/mol. The molecule has 2 aromatic carbocycles. The van der Waals surface area contributed by atoms with E-state index >= 15 is 0 Å². The van der Waals surface area contributed by atoms with Gasteiger partial charge in [-0.2, -0.15) is 5.10 Å². The highest BCUT2D eigenvalue weighted by atomic mass is 16.1. The van der Waals surface area contributed by atoms with Crippen LogP contribution in [0.5, 0.6) is 0 Å². The number of benzene rings is 2. The molecule has 0 radical (unpaired) electrons. The highest BCUT2D eigenvalue weighted by Crippen LogP contribution is 2.18. The zero-order valence-corrected chi connectivity index (χ0v) is 14.4. The van der Waals surface area contributed by atoms with Gasteiger partial charge in [-0.15, -0.1) is 0 Å². The summed E-state index contributed by atoms with van der Waals surface area (Å²) in [6.07, 6.45) is 0. The summed E-state index contributed by atoms with van der Waals surface area (Å²) in [5.74, 6) is -0.0956. The van der Waals surface area contributed by atoms with Crippen molar-refractivity contribution >= 4 is 11.6 Å². The topological polar surface area (TPSA) is 46.9 Å². The molecule has 0 unspecified atom stereocenters. The smallest absolute Gasteiger partial charge is 0.255 e. The Balaban J connectivity index is 1.88. The van der Waals surface area contributed by atoms with Crippen molar-refractivity contribution in [1.82, 2.24) is 9.78 Å². The van der Waals surface area contributed by atoms with Gasteiger partial charge in [0.25, 0.3) is 5.91 Å². The SMILES string of the molecule is Cc1ccc(C)c(C(=O)Nc2cccc(-n3nc(C)cc3C)c2)c1. The van der Waals surface area contributed by atoms with E-state index < -0.39 is 0 Å². The summed E-state index contributed by atoms with van der Waals surface area (Å²) < 4.78 is 1.88. The standard InChI is InChI=1S/C20H21N3O/c1-13-8-9-14(2)19(10-13)20(24)21-17-6-5-7-18(12-17)23-16(4)11-15(3)22-23/h5-12H,1-4H3,(H,21,24). The molecule has 1 aromatic heterocycles. The quantitative estimate of drug-likeness (QED) is 0.780. The molecule has 0 aliphatic carbocycles. The number of nitrogens with one attached hydrogen (secondary N) is 1. The minimum atomic E-state index is -0.0956. The molecule has 3 rings (SSSR count). The molecule has 4 heteroatoms. The Bertz CT molecular complexity index is 909. The maximum Gasteiger partial charge on any atom is 0.255 e. The maximum atomic E-state index is 12.6. The van der Waals surface area contributed by atoms with Crippen LogP contribution >= 0.6 is 0 Å². The fraction of sp³-hybridized carbons (Fsp3) is 0.200. The third-order valence-corrected chi connectivity index (χ3v) is 4.00. The minimum absolute atomic E-state index is 0.0956. The lowest BCUT2D eigenvalue weighted by molar-refractivity contribution is 0.102. The van der Waals surface area contributed by atoms with E-state index in [0.29, 0.717) is 5.56 Å². The summed E-state index contributed by atoms with van der Waals surface area (Å²) >= 11 is 0. The van der Waals surface area contributed by atoms with E-state index in [1.807, 2.05) is 80.9 Å². The molecule has 1 heterocycles. The minimum Gasteiger partial charge on any atom is -0.322 e. The van der Waals surface area contributed by atoms with Crippen LogP contribution in [-0.2, 0) is 0 Å². The number of hydrogen-bond acceptors (Lipinski definition) is 2. The van der Waals surface area contributed by atoms with Crippen molar-refractivity contribution in [1.29, 1.82) is 0 Å². The Hall–Kier alpha value is -2.88. The second kappa shape index (κ2) is 6.32. The molecular formula is C20H21N3O. The van der Waals surface area contributed by atoms with Crippen molar-refractivity contribution in [3.63, 3.8) is 0 Å². The van der Waals surface area contributed by atoms with E-state index in [9.17, 15) is 4.79 Å². The van der Waals surface area contributed by atoms with Crippen LogP contribution in [0.3, 0.4) is 0 Å². The third-order valence-electron chi connectivity index (χ3n) is 4.00. The molecule has 0 fully saturated rings. The largest absolute Gasteiger partial charge is 0.322 e. The van der Waals surface area contributed by atoms with Crippen molar-refractivity contribution < 1.29 is 4.79 Å². The Labute approximate surface area is 142 Å². The molecule has 1 amide bonds. The van der Waals surface area contributed by atoms with E-state index in [0.717, 1.165) is 33.9 Å². The Morgan fingerprint density at radius 3 is 2.50 bits per heavy atom. The van der Waals surface area contributed by atoms with Crippen LogP contribution in [0, 0.1) is 27.7 Å². The normalized spacial score (nSPS) is 10.7. The predicted octanol–water partition coefficient (Wildman–Crippen LogP) is 4.36. The lowest BCUT2D eigenvalue weighted by atomic mass is 10.0. The summed E-state index contributed by atoms with van der Waals surface area (Å²) in [4.78, 5) is 12.6. The number of aromatic nitrogens is 2. The lowest BCUT2D eigenvalue weighted by Crippen LogP contribution is -2.14. The summed E-state index contributed by atoms with van der Waals surface area (Å²) in [5.41, 5.74) is 6.45. The van der Waals surface area contributed by atoms with Gasteiger partial charge in [-0.1, -0.05) is 23.8 Å². The van der Waals surface area contributed by atoms with Gasteiger partial charge < -0.3 is 5.32 Å². The number of carbonyl (C=O) groups excluding carboxylic acids is 1. The van der Waals surface area contributed by atoms with Crippen LogP contribution in [0.4, 0.5) is 5.69 Å². The average Bonchev–Trinajstić information content (AvgIpc) is 2.88.